The highest BCUT2D eigenvalue weighted by Gasteiger charge is 2.27. The fourth-order valence-electron chi connectivity index (χ4n) is 9.11. The molecule has 3 unspecified atom stereocenters. The van der Waals surface area contributed by atoms with Crippen molar-refractivity contribution in [3.63, 3.8) is 0 Å². The van der Waals surface area contributed by atoms with Gasteiger partial charge in [-0.3, -0.25) is 14.2 Å². The third-order valence-electron chi connectivity index (χ3n) is 14.1. The van der Waals surface area contributed by atoms with E-state index in [9.17, 15) is 19.0 Å². The molecule has 0 aromatic rings. The molecule has 0 bridgehead atoms. The molecule has 3 atom stereocenters. The summed E-state index contributed by atoms with van der Waals surface area (Å²) in [7, 11) is 1.15. The minimum absolute atomic E-state index is 0.0331. The van der Waals surface area contributed by atoms with E-state index in [1.165, 1.54) is 154 Å². The van der Waals surface area contributed by atoms with Crippen molar-refractivity contribution in [2.75, 3.05) is 40.9 Å². The number of ether oxygens (including phenoxy) is 1. The second kappa shape index (κ2) is 57.4. The lowest BCUT2D eigenvalue weighted by Gasteiger charge is -2.30. The number of carbonyl (C=O) groups is 2. The molecule has 0 aliphatic rings. The van der Waals surface area contributed by atoms with Gasteiger partial charge in [-0.15, -0.1) is 0 Å². The number of quaternary nitrogens is 1. The van der Waals surface area contributed by atoms with Gasteiger partial charge in [0.05, 0.1) is 33.8 Å². The molecule has 0 heterocycles. The first-order chi connectivity index (χ1) is 37.9. The molecule has 9 nitrogen and oxygen atoms in total. The second-order valence-corrected chi connectivity index (χ2v) is 24.3. The number of allylic oxidation sites excluding steroid dienone is 13. The van der Waals surface area contributed by atoms with Crippen LogP contribution in [0.1, 0.15) is 284 Å². The van der Waals surface area contributed by atoms with Crippen LogP contribution in [0.3, 0.4) is 0 Å². The number of esters is 1. The summed E-state index contributed by atoms with van der Waals surface area (Å²) in [5, 5.41) is 3.01. The van der Waals surface area contributed by atoms with Crippen LogP contribution in [-0.2, 0) is 27.9 Å². The summed E-state index contributed by atoms with van der Waals surface area (Å²) in [5.41, 5.74) is 0. The molecule has 0 saturated carbocycles. The lowest BCUT2D eigenvalue weighted by atomic mass is 10.0. The van der Waals surface area contributed by atoms with Crippen LogP contribution >= 0.6 is 7.82 Å². The van der Waals surface area contributed by atoms with Crippen molar-refractivity contribution in [1.29, 1.82) is 0 Å². The van der Waals surface area contributed by atoms with Gasteiger partial charge in [0.2, 0.25) is 5.91 Å². The topological polar surface area (TPSA) is 114 Å². The molecule has 0 radical (unpaired) electrons. The van der Waals surface area contributed by atoms with Gasteiger partial charge in [-0.05, 0) is 83.1 Å². The van der Waals surface area contributed by atoms with Gasteiger partial charge in [0.25, 0.3) is 7.82 Å². The van der Waals surface area contributed by atoms with E-state index < -0.39 is 26.6 Å². The highest BCUT2D eigenvalue weighted by atomic mass is 31.2. The zero-order valence-corrected chi connectivity index (χ0v) is 52.5. The van der Waals surface area contributed by atoms with Crippen molar-refractivity contribution in [3.8, 4) is 0 Å². The van der Waals surface area contributed by atoms with Crippen LogP contribution in [0.5, 0.6) is 0 Å². The zero-order valence-electron chi connectivity index (χ0n) is 51.6. The third kappa shape index (κ3) is 57.9. The number of hydrogen-bond acceptors (Lipinski definition) is 7. The van der Waals surface area contributed by atoms with E-state index in [0.29, 0.717) is 17.4 Å². The van der Waals surface area contributed by atoms with E-state index >= 15 is 0 Å². The monoisotopic (exact) mass is 1110 g/mol. The SMILES string of the molecule is CC/C=C\C/C=C\C/C=C\C/C=C\C/C=C\C/C=C\CCCCC(=O)NC(COP(=O)([O-])OCC[N+](C)(C)C)C(/C=C/CCCCCCCCCCCC)OC(=O)CCCCCCCCCCCCCCCCCCCCC. The average molecular weight is 1110 g/mol. The van der Waals surface area contributed by atoms with Crippen LogP contribution in [0.2, 0.25) is 0 Å². The Hall–Kier alpha value is -2.81. The molecule has 0 aliphatic carbocycles. The molecular formula is C68H123N2O7P. The normalized spacial score (nSPS) is 14.2. The number of phosphoric acid groups is 1. The van der Waals surface area contributed by atoms with Gasteiger partial charge in [0, 0.05) is 12.8 Å². The molecule has 1 amide bonds. The van der Waals surface area contributed by atoms with Crippen LogP contribution < -0.4 is 10.2 Å². The Morgan fingerprint density at radius 2 is 0.821 bits per heavy atom. The van der Waals surface area contributed by atoms with Crippen LogP contribution in [0.15, 0.2) is 85.1 Å². The molecule has 78 heavy (non-hydrogen) atoms. The van der Waals surface area contributed by atoms with Crippen molar-refractivity contribution in [1.82, 2.24) is 5.32 Å². The van der Waals surface area contributed by atoms with Crippen molar-refractivity contribution in [2.45, 2.75) is 296 Å². The van der Waals surface area contributed by atoms with Gasteiger partial charge < -0.3 is 28.5 Å². The molecule has 0 rings (SSSR count). The molecule has 0 fully saturated rings. The van der Waals surface area contributed by atoms with Gasteiger partial charge in [-0.25, -0.2) is 0 Å². The molecular weight excluding hydrogens is 988 g/mol. The predicted molar refractivity (Wildman–Crippen MR) is 335 cm³/mol. The van der Waals surface area contributed by atoms with Gasteiger partial charge in [-0.1, -0.05) is 273 Å². The van der Waals surface area contributed by atoms with Gasteiger partial charge in [0.1, 0.15) is 19.3 Å². The Morgan fingerprint density at radius 3 is 1.24 bits per heavy atom. The Morgan fingerprint density at radius 1 is 0.462 bits per heavy atom. The number of nitrogens with zero attached hydrogens (tertiary/aromatic N) is 1. The van der Waals surface area contributed by atoms with Crippen molar-refractivity contribution < 1.29 is 37.3 Å². The maximum absolute atomic E-state index is 13.5. The minimum atomic E-state index is -4.71. The average Bonchev–Trinajstić information content (AvgIpc) is 3.40. The van der Waals surface area contributed by atoms with E-state index in [-0.39, 0.29) is 31.3 Å². The van der Waals surface area contributed by atoms with Crippen LogP contribution in [0.4, 0.5) is 0 Å². The second-order valence-electron chi connectivity index (χ2n) is 22.9. The summed E-state index contributed by atoms with van der Waals surface area (Å²) in [4.78, 5) is 40.0. The van der Waals surface area contributed by atoms with Crippen LogP contribution in [0.25, 0.3) is 0 Å². The van der Waals surface area contributed by atoms with Crippen molar-refractivity contribution in [2.24, 2.45) is 0 Å². The molecule has 0 aliphatic heterocycles. The first-order valence-corrected chi connectivity index (χ1v) is 33.9. The van der Waals surface area contributed by atoms with Crippen LogP contribution in [0, 0.1) is 0 Å². The highest BCUT2D eigenvalue weighted by Crippen LogP contribution is 2.38. The highest BCUT2D eigenvalue weighted by molar-refractivity contribution is 7.45. The Kier molecular flexibility index (Phi) is 55.4. The van der Waals surface area contributed by atoms with E-state index in [1.807, 2.05) is 33.3 Å². The number of nitrogens with one attached hydrogen (secondary N) is 1. The summed E-state index contributed by atoms with van der Waals surface area (Å²) in [6.07, 6.45) is 75.6. The fourth-order valence-corrected chi connectivity index (χ4v) is 9.84. The summed E-state index contributed by atoms with van der Waals surface area (Å²) in [6.45, 7) is 6.71. The first-order valence-electron chi connectivity index (χ1n) is 32.4. The molecule has 452 valence electrons. The Balaban J connectivity index is 5.28. The lowest BCUT2D eigenvalue weighted by Crippen LogP contribution is -2.47. The van der Waals surface area contributed by atoms with E-state index in [0.717, 1.165) is 89.9 Å². The maximum atomic E-state index is 13.5. The van der Waals surface area contributed by atoms with Gasteiger partial charge >= 0.3 is 5.97 Å². The summed E-state index contributed by atoms with van der Waals surface area (Å²) in [6, 6.07) is -0.914. The summed E-state index contributed by atoms with van der Waals surface area (Å²) < 4.78 is 30.3. The fraction of sp³-hybridized carbons (Fsp3) is 0.765. The van der Waals surface area contributed by atoms with Gasteiger partial charge in [0.15, 0.2) is 0 Å². The maximum Gasteiger partial charge on any atom is 0.306 e. The zero-order chi connectivity index (χ0) is 57.2. The minimum Gasteiger partial charge on any atom is -0.756 e. The quantitative estimate of drug-likeness (QED) is 0.0212. The molecule has 0 saturated heterocycles. The Bertz CT molecular complexity index is 1610. The number of likely N-dealkylation sites (N-methyl/N-ethyl adjacent to an activating group) is 1. The van der Waals surface area contributed by atoms with Crippen molar-refractivity contribution in [3.05, 3.63) is 85.1 Å². The molecule has 1 N–H and O–H groups in total. The van der Waals surface area contributed by atoms with E-state index in [1.54, 1.807) is 0 Å². The summed E-state index contributed by atoms with van der Waals surface area (Å²) >= 11 is 0. The van der Waals surface area contributed by atoms with E-state index in [2.05, 4.69) is 99.0 Å². The number of carbonyl (C=O) groups excluding carboxylic acids is 2. The third-order valence-corrected chi connectivity index (χ3v) is 15.1. The lowest BCUT2D eigenvalue weighted by molar-refractivity contribution is -0.870. The number of unbranched alkanes of at least 4 members (excludes halogenated alkanes) is 30. The van der Waals surface area contributed by atoms with Crippen molar-refractivity contribution >= 4 is 19.7 Å². The number of amides is 1. The molecule has 0 aromatic heterocycles. The Labute approximate surface area is 482 Å². The number of hydrogen-bond donors (Lipinski definition) is 1. The molecule has 10 heteroatoms. The standard InChI is InChI=1S/C68H123N2O7P/c1-7-10-13-16-19-22-25-28-30-32-34-35-37-38-40-42-45-48-51-54-57-60-67(71)69-65(64-76-78(73,74)75-63-62-70(4,5)6)66(59-56-53-50-47-44-27-24-21-18-15-12-9-3)77-68(72)61-58-55-52-49-46-43-41-39-36-33-31-29-26-23-20-17-14-11-8-2/h10,13,19,22,28,30,34-35,38,40,45,48,56,59,65-66H,7-9,11-12,14-18,20-21,23-27,29,31-33,36-37,39,41-44,46-47,49-55,57-58,60-64H2,1-6H3,(H-,69,71,73,74)/b13-10-,22-19-,30-28-,35-34-,40-38-,48-45-,59-56+. The molecule has 0 spiro atoms. The molecule has 0 aromatic carbocycles. The van der Waals surface area contributed by atoms with Gasteiger partial charge in [-0.2, -0.15) is 0 Å². The van der Waals surface area contributed by atoms with Crippen LogP contribution in [-0.4, -0.2) is 69.4 Å². The first kappa shape index (κ1) is 75.2. The number of rotatable bonds is 58. The van der Waals surface area contributed by atoms with E-state index in [4.69, 9.17) is 13.8 Å². The summed E-state index contributed by atoms with van der Waals surface area (Å²) in [5.74, 6) is -0.586. The largest absolute Gasteiger partial charge is 0.756 e. The smallest absolute Gasteiger partial charge is 0.306 e. The number of phosphoric ester groups is 1. The predicted octanol–water partition coefficient (Wildman–Crippen LogP) is 19.5.